The third-order valence-corrected chi connectivity index (χ3v) is 3.34. The molecule has 0 radical (unpaired) electrons. The van der Waals surface area contributed by atoms with Gasteiger partial charge in [0, 0.05) is 0 Å². The van der Waals surface area contributed by atoms with Crippen molar-refractivity contribution < 1.29 is 9.53 Å². The van der Waals surface area contributed by atoms with Crippen molar-refractivity contribution in [1.82, 2.24) is 5.32 Å². The molecule has 0 bridgehead atoms. The zero-order chi connectivity index (χ0) is 12.2. The van der Waals surface area contributed by atoms with Gasteiger partial charge < -0.3 is 4.74 Å². The molecule has 1 aliphatic carbocycles. The summed E-state index contributed by atoms with van der Waals surface area (Å²) in [7, 11) is 1.43. The third-order valence-electron chi connectivity index (χ3n) is 3.34. The van der Waals surface area contributed by atoms with Crippen molar-refractivity contribution in [3.63, 3.8) is 0 Å². The molecule has 0 spiro atoms. The molecule has 1 saturated carbocycles. The Morgan fingerprint density at radius 2 is 2.19 bits per heavy atom. The van der Waals surface area contributed by atoms with Gasteiger partial charge in [0.25, 0.3) is 0 Å². The van der Waals surface area contributed by atoms with Gasteiger partial charge in [0.1, 0.15) is 5.54 Å². The molecule has 0 aromatic rings. The van der Waals surface area contributed by atoms with Crippen molar-refractivity contribution in [1.29, 1.82) is 0 Å². The van der Waals surface area contributed by atoms with E-state index in [0.717, 1.165) is 25.7 Å². The van der Waals surface area contributed by atoms with Gasteiger partial charge in [-0.15, -0.1) is 6.42 Å². The molecule has 1 N–H and O–H groups in total. The largest absolute Gasteiger partial charge is 0.468 e. The van der Waals surface area contributed by atoms with Gasteiger partial charge in [-0.05, 0) is 24.7 Å². The highest BCUT2D eigenvalue weighted by atomic mass is 16.5. The number of carbonyl (C=O) groups excluding carboxylic acids is 1. The fourth-order valence-corrected chi connectivity index (χ4v) is 2.68. The Labute approximate surface area is 97.9 Å². The molecule has 0 aromatic carbocycles. The lowest BCUT2D eigenvalue weighted by molar-refractivity contribution is -0.152. The first-order valence-corrected chi connectivity index (χ1v) is 5.73. The van der Waals surface area contributed by atoms with E-state index in [1.807, 2.05) is 0 Å². The minimum absolute atomic E-state index is 0.161. The molecule has 3 heteroatoms. The number of terminal acetylenes is 1. The van der Waals surface area contributed by atoms with Crippen LogP contribution in [0, 0.1) is 17.8 Å². The third kappa shape index (κ3) is 2.76. The average Bonchev–Trinajstić information content (AvgIpc) is 2.24. The fraction of sp³-hybridized carbons (Fsp3) is 0.769. The molecule has 0 saturated heterocycles. The summed E-state index contributed by atoms with van der Waals surface area (Å²) in [5.41, 5.74) is -0.420. The molecule has 0 heterocycles. The Balaban J connectivity index is 2.86. The quantitative estimate of drug-likeness (QED) is 0.585. The number of hydrogen-bond donors (Lipinski definition) is 1. The van der Waals surface area contributed by atoms with Gasteiger partial charge in [-0.25, -0.2) is 0 Å². The highest BCUT2D eigenvalue weighted by Crippen LogP contribution is 2.41. The molecule has 1 unspecified atom stereocenters. The minimum atomic E-state index is -0.580. The smallest absolute Gasteiger partial charge is 0.326 e. The van der Waals surface area contributed by atoms with E-state index in [-0.39, 0.29) is 11.4 Å². The molecule has 1 rings (SSSR count). The lowest BCUT2D eigenvalue weighted by atomic mass is 9.68. The van der Waals surface area contributed by atoms with E-state index < -0.39 is 5.54 Å². The van der Waals surface area contributed by atoms with Crippen molar-refractivity contribution in [2.75, 3.05) is 13.7 Å². The molecule has 1 atom stereocenters. The maximum absolute atomic E-state index is 11.9. The second-order valence-electron chi connectivity index (χ2n) is 5.33. The van der Waals surface area contributed by atoms with Crippen LogP contribution in [0.4, 0.5) is 0 Å². The topological polar surface area (TPSA) is 38.3 Å². The van der Waals surface area contributed by atoms with Crippen LogP contribution in [0.1, 0.15) is 39.5 Å². The number of nitrogens with one attached hydrogen (secondary N) is 1. The standard InChI is InChI=1S/C13H21NO2/c1-5-9-14-13(11(15)16-4)8-6-7-12(2,3)10-13/h1,14H,6-10H2,2-4H3. The second kappa shape index (κ2) is 4.88. The molecular weight excluding hydrogens is 202 g/mol. The van der Waals surface area contributed by atoms with Crippen LogP contribution in [0.5, 0.6) is 0 Å². The number of esters is 1. The van der Waals surface area contributed by atoms with Crippen LogP contribution in [0.2, 0.25) is 0 Å². The highest BCUT2D eigenvalue weighted by Gasteiger charge is 2.45. The summed E-state index contributed by atoms with van der Waals surface area (Å²) in [6.07, 6.45) is 9.02. The zero-order valence-electron chi connectivity index (χ0n) is 10.4. The summed E-state index contributed by atoms with van der Waals surface area (Å²) in [5.74, 6) is 2.34. The average molecular weight is 223 g/mol. The summed E-state index contributed by atoms with van der Waals surface area (Å²) in [6, 6.07) is 0. The van der Waals surface area contributed by atoms with E-state index in [9.17, 15) is 4.79 Å². The summed E-state index contributed by atoms with van der Waals surface area (Å²) in [5, 5.41) is 3.18. The van der Waals surface area contributed by atoms with Gasteiger partial charge in [0.05, 0.1) is 13.7 Å². The van der Waals surface area contributed by atoms with Gasteiger partial charge in [-0.3, -0.25) is 10.1 Å². The van der Waals surface area contributed by atoms with Crippen LogP contribution in [-0.4, -0.2) is 25.2 Å². The van der Waals surface area contributed by atoms with Crippen molar-refractivity contribution in [3.05, 3.63) is 0 Å². The first-order chi connectivity index (χ1) is 7.46. The summed E-state index contributed by atoms with van der Waals surface area (Å²) < 4.78 is 4.91. The number of ether oxygens (including phenoxy) is 1. The number of carbonyl (C=O) groups is 1. The zero-order valence-corrected chi connectivity index (χ0v) is 10.4. The van der Waals surface area contributed by atoms with Crippen LogP contribution in [0.15, 0.2) is 0 Å². The Hall–Kier alpha value is -1.01. The van der Waals surface area contributed by atoms with Crippen molar-refractivity contribution in [2.45, 2.75) is 45.1 Å². The van der Waals surface area contributed by atoms with Crippen molar-refractivity contribution in [3.8, 4) is 12.3 Å². The van der Waals surface area contributed by atoms with Crippen molar-refractivity contribution >= 4 is 5.97 Å². The van der Waals surface area contributed by atoms with Crippen LogP contribution >= 0.6 is 0 Å². The number of methoxy groups -OCH3 is 1. The van der Waals surface area contributed by atoms with Crippen LogP contribution in [0.25, 0.3) is 0 Å². The van der Waals surface area contributed by atoms with Gasteiger partial charge in [-0.1, -0.05) is 26.2 Å². The molecule has 0 amide bonds. The van der Waals surface area contributed by atoms with Crippen molar-refractivity contribution in [2.24, 2.45) is 5.41 Å². The van der Waals surface area contributed by atoms with E-state index >= 15 is 0 Å². The minimum Gasteiger partial charge on any atom is -0.468 e. The first kappa shape index (κ1) is 13.1. The SMILES string of the molecule is C#CCNC1(C(=O)OC)CCCC(C)(C)C1. The maximum atomic E-state index is 11.9. The molecule has 0 aliphatic heterocycles. The van der Waals surface area contributed by atoms with E-state index in [0.29, 0.717) is 6.54 Å². The number of hydrogen-bond acceptors (Lipinski definition) is 3. The van der Waals surface area contributed by atoms with E-state index in [4.69, 9.17) is 11.2 Å². The number of rotatable bonds is 3. The van der Waals surface area contributed by atoms with E-state index in [1.54, 1.807) is 0 Å². The normalized spacial score (nSPS) is 28.1. The fourth-order valence-electron chi connectivity index (χ4n) is 2.68. The van der Waals surface area contributed by atoms with E-state index in [2.05, 4.69) is 25.1 Å². The Bertz CT molecular complexity index is 304. The van der Waals surface area contributed by atoms with Crippen LogP contribution in [-0.2, 0) is 9.53 Å². The van der Waals surface area contributed by atoms with Gasteiger partial charge in [0.2, 0.25) is 0 Å². The molecule has 90 valence electrons. The van der Waals surface area contributed by atoms with Gasteiger partial charge in [0.15, 0.2) is 0 Å². The predicted octanol–water partition coefficient (Wildman–Crippen LogP) is 1.72. The van der Waals surface area contributed by atoms with Crippen LogP contribution in [0.3, 0.4) is 0 Å². The Morgan fingerprint density at radius 3 is 2.69 bits per heavy atom. The molecule has 16 heavy (non-hydrogen) atoms. The summed E-state index contributed by atoms with van der Waals surface area (Å²) >= 11 is 0. The first-order valence-electron chi connectivity index (χ1n) is 5.73. The van der Waals surface area contributed by atoms with Gasteiger partial charge in [-0.2, -0.15) is 0 Å². The lowest BCUT2D eigenvalue weighted by Crippen LogP contribution is -2.57. The molecule has 3 nitrogen and oxygen atoms in total. The maximum Gasteiger partial charge on any atom is 0.326 e. The summed E-state index contributed by atoms with van der Waals surface area (Å²) in [4.78, 5) is 11.9. The second-order valence-corrected chi connectivity index (χ2v) is 5.33. The molecule has 0 aromatic heterocycles. The lowest BCUT2D eigenvalue weighted by Gasteiger charge is -2.43. The molecule has 1 fully saturated rings. The summed E-state index contributed by atoms with van der Waals surface area (Å²) in [6.45, 7) is 4.77. The highest BCUT2D eigenvalue weighted by molar-refractivity contribution is 5.81. The predicted molar refractivity (Wildman–Crippen MR) is 63.8 cm³/mol. The Morgan fingerprint density at radius 1 is 1.50 bits per heavy atom. The van der Waals surface area contributed by atoms with Gasteiger partial charge >= 0.3 is 5.97 Å². The molecule has 1 aliphatic rings. The van der Waals surface area contributed by atoms with E-state index in [1.165, 1.54) is 7.11 Å². The molecular formula is C13H21NO2. The van der Waals surface area contributed by atoms with Crippen LogP contribution < -0.4 is 5.32 Å². The Kier molecular flexibility index (Phi) is 3.98. The monoisotopic (exact) mass is 223 g/mol.